The molecule has 0 saturated heterocycles. The van der Waals surface area contributed by atoms with Crippen molar-refractivity contribution >= 4 is 29.3 Å². The number of rotatable bonds is 6. The van der Waals surface area contributed by atoms with Gasteiger partial charge < -0.3 is 10.2 Å². The third-order valence-corrected chi connectivity index (χ3v) is 5.61. The van der Waals surface area contributed by atoms with Gasteiger partial charge in [-0.15, -0.1) is 11.8 Å². The molecule has 5 heteroatoms. The maximum atomic E-state index is 12.4. The van der Waals surface area contributed by atoms with E-state index in [2.05, 4.69) is 5.32 Å². The lowest BCUT2D eigenvalue weighted by Crippen LogP contribution is -2.39. The number of anilines is 1. The van der Waals surface area contributed by atoms with Crippen LogP contribution in [0.2, 0.25) is 0 Å². The Morgan fingerprint density at radius 1 is 1.26 bits per heavy atom. The Labute approximate surface area is 143 Å². The van der Waals surface area contributed by atoms with Gasteiger partial charge in [-0.2, -0.15) is 0 Å². The molecule has 1 atom stereocenters. The number of carbonyl (C=O) groups excluding carboxylic acids is 2. The minimum atomic E-state index is -0.164. The quantitative estimate of drug-likeness (QED) is 0.867. The van der Waals surface area contributed by atoms with Gasteiger partial charge in [-0.1, -0.05) is 30.5 Å². The lowest BCUT2D eigenvalue weighted by Gasteiger charge is -2.22. The molecule has 126 valence electrons. The van der Waals surface area contributed by atoms with Crippen LogP contribution in [0.1, 0.15) is 38.2 Å². The van der Waals surface area contributed by atoms with Crippen molar-refractivity contribution in [3.05, 3.63) is 29.8 Å². The van der Waals surface area contributed by atoms with Gasteiger partial charge >= 0.3 is 0 Å². The van der Waals surface area contributed by atoms with Gasteiger partial charge in [0.2, 0.25) is 11.8 Å². The maximum absolute atomic E-state index is 12.4. The van der Waals surface area contributed by atoms with Crippen LogP contribution in [-0.4, -0.2) is 40.8 Å². The number of nitrogens with one attached hydrogen (secondary N) is 1. The normalized spacial score (nSPS) is 16.1. The molecule has 2 amide bonds. The van der Waals surface area contributed by atoms with Crippen molar-refractivity contribution in [1.29, 1.82) is 0 Å². The van der Waals surface area contributed by atoms with E-state index >= 15 is 0 Å². The van der Waals surface area contributed by atoms with E-state index in [0.29, 0.717) is 5.25 Å². The Balaban J connectivity index is 1.79. The molecule has 0 heterocycles. The van der Waals surface area contributed by atoms with Crippen LogP contribution >= 0.6 is 11.8 Å². The molecule has 4 nitrogen and oxygen atoms in total. The summed E-state index contributed by atoms with van der Waals surface area (Å²) in [5, 5.41) is 3.34. The smallest absolute Gasteiger partial charge is 0.243 e. The minimum absolute atomic E-state index is 0.0287. The fourth-order valence-electron chi connectivity index (χ4n) is 2.81. The van der Waals surface area contributed by atoms with Crippen LogP contribution in [-0.2, 0) is 9.59 Å². The molecule has 1 fully saturated rings. The van der Waals surface area contributed by atoms with Crippen LogP contribution in [0.3, 0.4) is 0 Å². The number of aryl methyl sites for hydroxylation is 1. The fraction of sp³-hybridized carbons (Fsp3) is 0.556. The molecule has 1 aliphatic carbocycles. The molecule has 1 aromatic carbocycles. The van der Waals surface area contributed by atoms with E-state index < -0.39 is 0 Å². The number of carbonyl (C=O) groups is 2. The highest BCUT2D eigenvalue weighted by atomic mass is 32.2. The zero-order valence-corrected chi connectivity index (χ0v) is 15.0. The molecule has 23 heavy (non-hydrogen) atoms. The highest BCUT2D eigenvalue weighted by molar-refractivity contribution is 8.01. The van der Waals surface area contributed by atoms with Crippen molar-refractivity contribution in [2.24, 2.45) is 0 Å². The van der Waals surface area contributed by atoms with Crippen molar-refractivity contribution in [2.75, 3.05) is 18.9 Å². The number of hydrogen-bond donors (Lipinski definition) is 1. The zero-order chi connectivity index (χ0) is 16.8. The Kier molecular flexibility index (Phi) is 6.51. The van der Waals surface area contributed by atoms with Crippen LogP contribution in [0.4, 0.5) is 5.69 Å². The number of hydrogen-bond acceptors (Lipinski definition) is 3. The summed E-state index contributed by atoms with van der Waals surface area (Å²) < 4.78 is 0. The second kappa shape index (κ2) is 8.39. The lowest BCUT2D eigenvalue weighted by atomic mass is 10.2. The number of benzene rings is 1. The van der Waals surface area contributed by atoms with E-state index in [0.717, 1.165) is 11.3 Å². The van der Waals surface area contributed by atoms with Crippen LogP contribution in [0.5, 0.6) is 0 Å². The molecule has 1 N–H and O–H groups in total. The first-order valence-corrected chi connectivity index (χ1v) is 9.17. The van der Waals surface area contributed by atoms with Gasteiger partial charge in [0.15, 0.2) is 0 Å². The van der Waals surface area contributed by atoms with Gasteiger partial charge in [-0.25, -0.2) is 0 Å². The van der Waals surface area contributed by atoms with E-state index in [1.807, 2.05) is 38.1 Å². The van der Waals surface area contributed by atoms with E-state index in [-0.39, 0.29) is 23.6 Å². The van der Waals surface area contributed by atoms with Crippen LogP contribution in [0.25, 0.3) is 0 Å². The van der Waals surface area contributed by atoms with Crippen molar-refractivity contribution in [3.63, 3.8) is 0 Å². The first-order valence-electron chi connectivity index (χ1n) is 8.22. The van der Waals surface area contributed by atoms with Crippen molar-refractivity contribution in [1.82, 2.24) is 4.90 Å². The molecule has 0 aliphatic heterocycles. The maximum Gasteiger partial charge on any atom is 0.243 e. The summed E-state index contributed by atoms with van der Waals surface area (Å²) in [5.41, 5.74) is 1.91. The number of thioether (sulfide) groups is 1. The Hall–Kier alpha value is -1.49. The summed E-state index contributed by atoms with van der Waals surface area (Å²) in [5.74, 6) is -0.135. The fourth-order valence-corrected chi connectivity index (χ4v) is 4.29. The standard InChI is InChI=1S/C18H26N2O2S/c1-13-8-10-15(11-9-13)19-17(21)12-20(3)18(22)14(2)23-16-6-4-5-7-16/h8-11,14,16H,4-7,12H2,1-3H3,(H,19,21)/t14-/m1/s1. The van der Waals surface area contributed by atoms with Gasteiger partial charge in [0.1, 0.15) is 0 Å². The topological polar surface area (TPSA) is 49.4 Å². The highest BCUT2D eigenvalue weighted by Gasteiger charge is 2.25. The number of likely N-dealkylation sites (N-methyl/N-ethyl adjacent to an activating group) is 1. The molecule has 0 radical (unpaired) electrons. The molecule has 2 rings (SSSR count). The third kappa shape index (κ3) is 5.57. The van der Waals surface area contributed by atoms with E-state index in [9.17, 15) is 9.59 Å². The summed E-state index contributed by atoms with van der Waals surface area (Å²) in [4.78, 5) is 26.0. The first kappa shape index (κ1) is 17.9. The molecule has 1 saturated carbocycles. The Bertz CT molecular complexity index is 538. The van der Waals surface area contributed by atoms with Crippen molar-refractivity contribution in [3.8, 4) is 0 Å². The van der Waals surface area contributed by atoms with Gasteiger partial charge in [0.05, 0.1) is 11.8 Å². The molecule has 0 aromatic heterocycles. The Morgan fingerprint density at radius 2 is 1.87 bits per heavy atom. The minimum Gasteiger partial charge on any atom is -0.335 e. The lowest BCUT2D eigenvalue weighted by molar-refractivity contribution is -0.132. The molecule has 1 aliphatic rings. The van der Waals surface area contributed by atoms with Gasteiger partial charge in [0, 0.05) is 18.0 Å². The van der Waals surface area contributed by atoms with E-state index in [1.165, 1.54) is 30.6 Å². The van der Waals surface area contributed by atoms with E-state index in [1.54, 1.807) is 18.8 Å². The second-order valence-corrected chi connectivity index (χ2v) is 7.94. The molecular weight excluding hydrogens is 308 g/mol. The van der Waals surface area contributed by atoms with Gasteiger partial charge in [-0.3, -0.25) is 9.59 Å². The van der Waals surface area contributed by atoms with Crippen LogP contribution < -0.4 is 5.32 Å². The molecule has 0 spiro atoms. The summed E-state index contributed by atoms with van der Waals surface area (Å²) in [6.45, 7) is 4.03. The average molecular weight is 334 g/mol. The average Bonchev–Trinajstić information content (AvgIpc) is 3.01. The molecule has 1 aromatic rings. The summed E-state index contributed by atoms with van der Waals surface area (Å²) in [7, 11) is 1.70. The summed E-state index contributed by atoms with van der Waals surface area (Å²) >= 11 is 1.75. The van der Waals surface area contributed by atoms with Crippen LogP contribution in [0.15, 0.2) is 24.3 Å². The summed E-state index contributed by atoms with van der Waals surface area (Å²) in [6.07, 6.45) is 4.96. The monoisotopic (exact) mass is 334 g/mol. The largest absolute Gasteiger partial charge is 0.335 e. The zero-order valence-electron chi connectivity index (χ0n) is 14.2. The SMILES string of the molecule is Cc1ccc(NC(=O)CN(C)C(=O)[C@@H](C)SC2CCCC2)cc1. The van der Waals surface area contributed by atoms with Crippen molar-refractivity contribution < 1.29 is 9.59 Å². The molecule has 0 bridgehead atoms. The highest BCUT2D eigenvalue weighted by Crippen LogP contribution is 2.32. The number of nitrogens with zero attached hydrogens (tertiary/aromatic N) is 1. The third-order valence-electron chi connectivity index (χ3n) is 4.14. The van der Waals surface area contributed by atoms with Crippen molar-refractivity contribution in [2.45, 2.75) is 50.0 Å². The summed E-state index contributed by atoms with van der Waals surface area (Å²) in [6, 6.07) is 7.64. The van der Waals surface area contributed by atoms with Gasteiger partial charge in [-0.05, 0) is 38.8 Å². The second-order valence-electron chi connectivity index (χ2n) is 6.29. The first-order chi connectivity index (χ1) is 11.0. The molecule has 0 unspecified atom stereocenters. The molecular formula is C18H26N2O2S. The van der Waals surface area contributed by atoms with Gasteiger partial charge in [0.25, 0.3) is 0 Å². The predicted octanol–water partition coefficient (Wildman–Crippen LogP) is 3.46. The Morgan fingerprint density at radius 3 is 2.48 bits per heavy atom. The predicted molar refractivity (Wildman–Crippen MR) is 96.8 cm³/mol. The number of amides is 2. The van der Waals surface area contributed by atoms with Crippen LogP contribution in [0, 0.1) is 6.92 Å². The van der Waals surface area contributed by atoms with E-state index in [4.69, 9.17) is 0 Å².